The van der Waals surface area contributed by atoms with Gasteiger partial charge in [0, 0.05) is 0 Å². The van der Waals surface area contributed by atoms with E-state index in [1.165, 1.54) is 36.2 Å². The maximum atomic E-state index is 12.7. The lowest BCUT2D eigenvalue weighted by Gasteiger charge is -2.05. The maximum absolute atomic E-state index is 12.7. The van der Waals surface area contributed by atoms with E-state index in [9.17, 15) is 23.1 Å². The number of para-hydroxylation sites is 1. The van der Waals surface area contributed by atoms with Gasteiger partial charge in [-0.15, -0.1) is 0 Å². The standard InChI is InChI=1S/C17H12F3N3O3.H2O/c1-26-16(25)13-4-2-3-5-14(13)22-10-15(24)23(21-22)12-8-6-11(7-9-12)17(18,19)20;/h2-10H,1H3;1H2. The monoisotopic (exact) mass is 381 g/mol. The average Bonchev–Trinajstić information content (AvgIpc) is 3.02. The minimum absolute atomic E-state index is 0. The number of hydrogen-bond acceptors (Lipinski definition) is 5. The van der Waals surface area contributed by atoms with Crippen molar-refractivity contribution in [3.63, 3.8) is 0 Å². The number of aromatic hydroxyl groups is 1. The number of halogens is 3. The van der Waals surface area contributed by atoms with Gasteiger partial charge in [0.2, 0.25) is 6.20 Å². The summed E-state index contributed by atoms with van der Waals surface area (Å²) in [5, 5.41) is 14.2. The number of benzene rings is 2. The molecule has 0 spiro atoms. The van der Waals surface area contributed by atoms with Crippen LogP contribution in [0, 0.1) is 0 Å². The zero-order chi connectivity index (χ0) is 18.9. The van der Waals surface area contributed by atoms with Crippen molar-refractivity contribution in [2.24, 2.45) is 0 Å². The first-order chi connectivity index (χ1) is 12.3. The number of rotatable bonds is 3. The Balaban J connectivity index is 0.00000261. The van der Waals surface area contributed by atoms with Crippen molar-refractivity contribution in [2.45, 2.75) is 6.18 Å². The third-order valence-electron chi connectivity index (χ3n) is 3.64. The maximum Gasteiger partial charge on any atom is 0.416 e. The Bertz CT molecular complexity index is 953. The Kier molecular flexibility index (Phi) is 5.50. The molecule has 2 aromatic carbocycles. The Labute approximate surface area is 151 Å². The van der Waals surface area contributed by atoms with Gasteiger partial charge in [0.05, 0.1) is 12.7 Å². The Morgan fingerprint density at radius 3 is 2.37 bits per heavy atom. The second kappa shape index (κ2) is 7.46. The smallest absolute Gasteiger partial charge is 0.416 e. The van der Waals surface area contributed by atoms with E-state index in [1.54, 1.807) is 18.2 Å². The van der Waals surface area contributed by atoms with E-state index >= 15 is 0 Å². The van der Waals surface area contributed by atoms with Crippen molar-refractivity contribution in [3.8, 4) is 17.3 Å². The molecule has 7 nitrogen and oxygen atoms in total. The van der Waals surface area contributed by atoms with E-state index in [0.29, 0.717) is 5.69 Å². The van der Waals surface area contributed by atoms with Crippen molar-refractivity contribution < 1.29 is 38.0 Å². The molecule has 0 amide bonds. The number of aromatic nitrogens is 3. The lowest BCUT2D eigenvalue weighted by atomic mass is 10.2. The number of esters is 1. The van der Waals surface area contributed by atoms with Crippen LogP contribution in [-0.4, -0.2) is 33.6 Å². The van der Waals surface area contributed by atoms with E-state index in [2.05, 4.69) is 5.21 Å². The fourth-order valence-corrected chi connectivity index (χ4v) is 2.38. The SMILES string of the molecule is COC(=O)c1ccccc1-[n+]1cc(O)n(-c2ccc(C(F)(F)F)cc2)n1.[OH-]. The van der Waals surface area contributed by atoms with Crippen LogP contribution in [0.3, 0.4) is 0 Å². The van der Waals surface area contributed by atoms with Crippen LogP contribution in [0.2, 0.25) is 0 Å². The molecule has 0 aliphatic carbocycles. The highest BCUT2D eigenvalue weighted by atomic mass is 19.4. The highest BCUT2D eigenvalue weighted by Gasteiger charge is 2.31. The Morgan fingerprint density at radius 1 is 1.15 bits per heavy atom. The second-order valence-corrected chi connectivity index (χ2v) is 5.29. The first-order valence-electron chi connectivity index (χ1n) is 7.37. The summed E-state index contributed by atoms with van der Waals surface area (Å²) in [6, 6.07) is 10.6. The third-order valence-corrected chi connectivity index (χ3v) is 3.64. The van der Waals surface area contributed by atoms with Crippen molar-refractivity contribution >= 4 is 5.97 Å². The summed E-state index contributed by atoms with van der Waals surface area (Å²) < 4.78 is 45.0. The van der Waals surface area contributed by atoms with Crippen LogP contribution in [0.25, 0.3) is 11.4 Å². The minimum Gasteiger partial charge on any atom is -0.870 e. The molecule has 0 atom stereocenters. The predicted octanol–water partition coefficient (Wildman–Crippen LogP) is 2.48. The molecule has 2 N–H and O–H groups in total. The van der Waals surface area contributed by atoms with Gasteiger partial charge in [0.1, 0.15) is 10.8 Å². The molecule has 0 radical (unpaired) electrons. The quantitative estimate of drug-likeness (QED) is 0.555. The second-order valence-electron chi connectivity index (χ2n) is 5.29. The number of methoxy groups -OCH3 is 1. The number of carbonyl (C=O) groups excluding carboxylic acids is 1. The van der Waals surface area contributed by atoms with E-state index in [0.717, 1.165) is 16.8 Å². The van der Waals surface area contributed by atoms with Crippen LogP contribution in [0.5, 0.6) is 5.88 Å². The Morgan fingerprint density at radius 2 is 1.78 bits per heavy atom. The first kappa shape index (κ1) is 19.9. The van der Waals surface area contributed by atoms with E-state index in [4.69, 9.17) is 4.74 Å². The first-order valence-corrected chi connectivity index (χ1v) is 7.37. The lowest BCUT2D eigenvalue weighted by Crippen LogP contribution is -2.35. The summed E-state index contributed by atoms with van der Waals surface area (Å²) in [6.07, 6.45) is -3.22. The zero-order valence-corrected chi connectivity index (χ0v) is 13.9. The molecule has 10 heteroatoms. The van der Waals surface area contributed by atoms with Crippen LogP contribution in [0.15, 0.2) is 54.7 Å². The van der Waals surface area contributed by atoms with Gasteiger partial charge in [-0.3, -0.25) is 0 Å². The molecule has 3 rings (SSSR count). The van der Waals surface area contributed by atoms with Crippen molar-refractivity contribution in [1.29, 1.82) is 0 Å². The predicted molar refractivity (Wildman–Crippen MR) is 85.0 cm³/mol. The summed E-state index contributed by atoms with van der Waals surface area (Å²) in [5.41, 5.74) is -0.0148. The van der Waals surface area contributed by atoms with Crippen molar-refractivity contribution in [3.05, 3.63) is 65.9 Å². The lowest BCUT2D eigenvalue weighted by molar-refractivity contribution is -0.661. The number of hydrogen-bond donors (Lipinski definition) is 1. The molecule has 0 saturated heterocycles. The fraction of sp³-hybridized carbons (Fsp3) is 0.118. The van der Waals surface area contributed by atoms with Gasteiger partial charge in [-0.1, -0.05) is 21.5 Å². The summed E-state index contributed by atoms with van der Waals surface area (Å²) in [6.45, 7) is 0. The van der Waals surface area contributed by atoms with Crippen LogP contribution < -0.4 is 4.68 Å². The van der Waals surface area contributed by atoms with Crippen LogP contribution in [-0.2, 0) is 10.9 Å². The van der Waals surface area contributed by atoms with E-state index in [1.807, 2.05) is 0 Å². The molecule has 142 valence electrons. The number of nitrogens with zero attached hydrogens (tertiary/aromatic N) is 3. The van der Waals surface area contributed by atoms with Gasteiger partial charge in [-0.05, 0) is 36.4 Å². The van der Waals surface area contributed by atoms with Crippen molar-refractivity contribution in [1.82, 2.24) is 9.90 Å². The van der Waals surface area contributed by atoms with E-state index < -0.39 is 17.7 Å². The molecule has 0 bridgehead atoms. The summed E-state index contributed by atoms with van der Waals surface area (Å²) in [5.74, 6) is -0.902. The van der Waals surface area contributed by atoms with Gasteiger partial charge in [0.15, 0.2) is 11.4 Å². The summed E-state index contributed by atoms with van der Waals surface area (Å²) >= 11 is 0. The van der Waals surface area contributed by atoms with Crippen LogP contribution in [0.1, 0.15) is 15.9 Å². The molecule has 0 unspecified atom stereocenters. The average molecular weight is 381 g/mol. The molecule has 0 aliphatic heterocycles. The minimum atomic E-state index is -4.45. The summed E-state index contributed by atoms with van der Waals surface area (Å²) in [4.78, 5) is 11.9. The highest BCUT2D eigenvalue weighted by Crippen LogP contribution is 2.29. The van der Waals surface area contributed by atoms with Crippen LogP contribution in [0.4, 0.5) is 13.2 Å². The molecule has 0 fully saturated rings. The highest BCUT2D eigenvalue weighted by molar-refractivity contribution is 5.92. The van der Waals surface area contributed by atoms with Gasteiger partial charge >= 0.3 is 18.0 Å². The zero-order valence-electron chi connectivity index (χ0n) is 13.9. The number of alkyl halides is 3. The van der Waals surface area contributed by atoms with Gasteiger partial charge in [0.25, 0.3) is 0 Å². The molecule has 3 aromatic rings. The molecular weight excluding hydrogens is 367 g/mol. The van der Waals surface area contributed by atoms with Gasteiger partial charge in [-0.25, -0.2) is 4.79 Å². The van der Waals surface area contributed by atoms with Gasteiger partial charge < -0.3 is 15.3 Å². The molecular formula is C17H14F3N3O4. The third kappa shape index (κ3) is 3.90. The largest absolute Gasteiger partial charge is 0.870 e. The number of ether oxygens (including phenoxy) is 1. The van der Waals surface area contributed by atoms with Crippen LogP contribution >= 0.6 is 0 Å². The molecule has 1 heterocycles. The molecule has 0 saturated carbocycles. The Hall–Kier alpha value is -3.40. The van der Waals surface area contributed by atoms with Gasteiger partial charge in [-0.2, -0.15) is 13.2 Å². The topological polar surface area (TPSA) is 98.2 Å². The normalized spacial score (nSPS) is 11.0. The molecule has 27 heavy (non-hydrogen) atoms. The van der Waals surface area contributed by atoms with E-state index in [-0.39, 0.29) is 22.6 Å². The fourth-order valence-electron chi connectivity index (χ4n) is 2.38. The summed E-state index contributed by atoms with van der Waals surface area (Å²) in [7, 11) is 1.24. The molecule has 0 aliphatic rings. The number of carbonyl (C=O) groups is 1. The molecule has 1 aromatic heterocycles. The van der Waals surface area contributed by atoms with Crippen molar-refractivity contribution in [2.75, 3.05) is 7.11 Å².